The molecule has 7 heterocycles. The maximum atomic E-state index is 10.5. The summed E-state index contributed by atoms with van der Waals surface area (Å²) in [6.07, 6.45) is 2.49. The van der Waals surface area contributed by atoms with Crippen molar-refractivity contribution in [2.24, 2.45) is 20.5 Å². The van der Waals surface area contributed by atoms with Crippen LogP contribution in [0, 0.1) is 45.6 Å². The van der Waals surface area contributed by atoms with Gasteiger partial charge >= 0.3 is 6.01 Å². The maximum Gasteiger partial charge on any atom is 0.320 e. The van der Waals surface area contributed by atoms with Gasteiger partial charge in [0.1, 0.15) is 23.3 Å². The molecule has 220 valence electrons. The minimum Gasteiger partial charge on any atom is -0.479 e. The Morgan fingerprint density at radius 3 is 1.89 bits per heavy atom. The van der Waals surface area contributed by atoms with Gasteiger partial charge in [-0.3, -0.25) is 10.2 Å². The highest BCUT2D eigenvalue weighted by molar-refractivity contribution is 5.68. The molecule has 7 aromatic heterocycles. The molecule has 0 saturated carbocycles. The topological polar surface area (TPSA) is 264 Å². The third-order valence-electron chi connectivity index (χ3n) is 6.50. The number of nitriles is 1. The molecule has 0 aromatic carbocycles. The lowest BCUT2D eigenvalue weighted by atomic mass is 10.4. The van der Waals surface area contributed by atoms with Crippen molar-refractivity contribution in [2.45, 2.75) is 27.7 Å². The Morgan fingerprint density at radius 1 is 0.800 bits per heavy atom. The Hall–Kier alpha value is -7.23. The van der Waals surface area contributed by atoms with Crippen molar-refractivity contribution < 1.29 is 5.11 Å². The molecular formula is C23H17N21O. The number of azo groups is 2. The molecule has 0 aliphatic heterocycles. The van der Waals surface area contributed by atoms with E-state index in [0.717, 1.165) is 9.36 Å². The minimum absolute atomic E-state index is 0.0271. The van der Waals surface area contributed by atoms with Crippen LogP contribution >= 0.6 is 0 Å². The summed E-state index contributed by atoms with van der Waals surface area (Å²) in [5, 5.41) is 68.3. The van der Waals surface area contributed by atoms with Crippen molar-refractivity contribution in [1.82, 2.24) is 74.1 Å². The van der Waals surface area contributed by atoms with Crippen LogP contribution in [-0.4, -0.2) is 79.2 Å². The molecule has 0 aliphatic carbocycles. The first kappa shape index (κ1) is 26.7. The summed E-state index contributed by atoms with van der Waals surface area (Å²) in [4.78, 5) is 15.7. The number of rotatable bonds is 6. The van der Waals surface area contributed by atoms with E-state index >= 15 is 0 Å². The highest BCUT2D eigenvalue weighted by Crippen LogP contribution is 2.34. The maximum absolute atomic E-state index is 10.5. The van der Waals surface area contributed by atoms with Crippen LogP contribution < -0.4 is 0 Å². The zero-order chi connectivity index (χ0) is 31.4. The summed E-state index contributed by atoms with van der Waals surface area (Å²) in [5.41, 5.74) is 2.99. The van der Waals surface area contributed by atoms with Gasteiger partial charge in [0.05, 0.1) is 30.4 Å². The average molecular weight is 604 g/mol. The second-order valence-electron chi connectivity index (χ2n) is 9.35. The number of aromatic amines is 2. The first-order valence-corrected chi connectivity index (χ1v) is 12.8. The summed E-state index contributed by atoms with van der Waals surface area (Å²) in [6, 6.07) is 1.29. The molecule has 0 saturated heterocycles. The third-order valence-corrected chi connectivity index (χ3v) is 6.50. The SMILES string of the molecule is [C-]#[N+]c1cnn(-c2nc(O)nc(-n3ncc(C#N)c3N=Nc3c(C)nn4c(C)n[nH]c34)n2)c1N=Nc1c(C)nn2c(C)n[nH]c12. The molecule has 0 spiro atoms. The number of H-pyrrole nitrogens is 2. The van der Waals surface area contributed by atoms with Gasteiger partial charge in [-0.1, -0.05) is 0 Å². The second-order valence-corrected chi connectivity index (χ2v) is 9.35. The number of aromatic hydroxyl groups is 1. The Balaban J connectivity index is 1.30. The van der Waals surface area contributed by atoms with E-state index in [-0.39, 0.29) is 34.8 Å². The van der Waals surface area contributed by atoms with Crippen LogP contribution in [-0.2, 0) is 0 Å². The first-order chi connectivity index (χ1) is 21.8. The normalized spacial score (nSPS) is 11.9. The van der Waals surface area contributed by atoms with Crippen molar-refractivity contribution in [3.8, 4) is 24.0 Å². The summed E-state index contributed by atoms with van der Waals surface area (Å²) < 4.78 is 5.34. The number of aryl methyl sites for hydroxylation is 4. The molecule has 0 unspecified atom stereocenters. The van der Waals surface area contributed by atoms with E-state index in [1.165, 1.54) is 12.4 Å². The molecule has 3 N–H and O–H groups in total. The standard InChI is InChI=1S/C23H17N21O/c1-9-15(19-37-31-11(3)41(19)39-9)33-35-17-13(6-24)7-26-43(17)21-28-22(30-23(45)29-21)44-18(14(25-5)8-27-44)36-34-16-10(2)40-42-12(4)32-38-20(16)42/h7-8,37-38H,1-4H3,(H,28,29,30,45). The summed E-state index contributed by atoms with van der Waals surface area (Å²) in [7, 11) is 0. The Bertz CT molecular complexity index is 2260. The van der Waals surface area contributed by atoms with E-state index in [9.17, 15) is 10.4 Å². The van der Waals surface area contributed by atoms with Crippen LogP contribution in [0.15, 0.2) is 32.9 Å². The van der Waals surface area contributed by atoms with Crippen molar-refractivity contribution in [1.29, 1.82) is 5.26 Å². The van der Waals surface area contributed by atoms with Crippen LogP contribution in [0.25, 0.3) is 28.0 Å². The van der Waals surface area contributed by atoms with Gasteiger partial charge in [-0.05, 0) is 27.7 Å². The molecule has 0 bridgehead atoms. The first-order valence-electron chi connectivity index (χ1n) is 12.8. The van der Waals surface area contributed by atoms with Gasteiger partial charge in [-0.15, -0.1) is 20.5 Å². The molecule has 22 nitrogen and oxygen atoms in total. The summed E-state index contributed by atoms with van der Waals surface area (Å²) in [5.74, 6) is 0.708. The predicted molar refractivity (Wildman–Crippen MR) is 149 cm³/mol. The molecule has 45 heavy (non-hydrogen) atoms. The number of nitrogens with zero attached hydrogens (tertiary/aromatic N) is 19. The summed E-state index contributed by atoms with van der Waals surface area (Å²) in [6.45, 7) is 14.6. The van der Waals surface area contributed by atoms with Crippen LogP contribution in [0.1, 0.15) is 28.6 Å². The Kier molecular flexibility index (Phi) is 5.89. The van der Waals surface area contributed by atoms with Crippen molar-refractivity contribution in [3.05, 3.63) is 52.4 Å². The molecule has 0 aliphatic rings. The van der Waals surface area contributed by atoms with Gasteiger partial charge in [0.15, 0.2) is 34.3 Å². The Morgan fingerprint density at radius 2 is 1.33 bits per heavy atom. The number of fused-ring (bicyclic) bond motifs is 2. The lowest BCUT2D eigenvalue weighted by Crippen LogP contribution is -2.09. The molecule has 7 rings (SSSR count). The van der Waals surface area contributed by atoms with E-state index in [1.807, 2.05) is 6.07 Å². The van der Waals surface area contributed by atoms with E-state index < -0.39 is 6.01 Å². The third kappa shape index (κ3) is 4.21. The fourth-order valence-corrected chi connectivity index (χ4v) is 4.35. The zero-order valence-electron chi connectivity index (χ0n) is 23.6. The van der Waals surface area contributed by atoms with Crippen LogP contribution in [0.5, 0.6) is 6.01 Å². The van der Waals surface area contributed by atoms with Crippen LogP contribution in [0.3, 0.4) is 0 Å². The predicted octanol–water partition coefficient (Wildman–Crippen LogP) is 3.18. The Labute approximate surface area is 249 Å². The number of aromatic nitrogens is 15. The number of hydrogen-bond acceptors (Lipinski definition) is 15. The van der Waals surface area contributed by atoms with Crippen molar-refractivity contribution in [3.63, 3.8) is 0 Å². The molecular weight excluding hydrogens is 586 g/mol. The fourth-order valence-electron chi connectivity index (χ4n) is 4.35. The van der Waals surface area contributed by atoms with E-state index in [0.29, 0.717) is 45.7 Å². The highest BCUT2D eigenvalue weighted by Gasteiger charge is 2.22. The quantitative estimate of drug-likeness (QED) is 0.183. The van der Waals surface area contributed by atoms with Crippen LogP contribution in [0.2, 0.25) is 0 Å². The molecule has 0 radical (unpaired) electrons. The minimum atomic E-state index is -0.709. The molecule has 0 fully saturated rings. The lowest BCUT2D eigenvalue weighted by Gasteiger charge is -2.06. The van der Waals surface area contributed by atoms with Crippen LogP contribution in [0.4, 0.5) is 28.7 Å². The van der Waals surface area contributed by atoms with Gasteiger partial charge in [0.2, 0.25) is 0 Å². The van der Waals surface area contributed by atoms with Crippen molar-refractivity contribution in [2.75, 3.05) is 0 Å². The highest BCUT2D eigenvalue weighted by atomic mass is 16.3. The van der Waals surface area contributed by atoms with Gasteiger partial charge < -0.3 is 5.11 Å². The fraction of sp³-hybridized carbons (Fsp3) is 0.174. The monoisotopic (exact) mass is 603 g/mol. The largest absolute Gasteiger partial charge is 0.479 e. The number of nitrogens with one attached hydrogen (secondary N) is 2. The molecule has 0 amide bonds. The molecule has 7 aromatic rings. The second kappa shape index (κ2) is 9.95. The zero-order valence-corrected chi connectivity index (χ0v) is 23.6. The van der Waals surface area contributed by atoms with Gasteiger partial charge in [-0.25, -0.2) is 4.85 Å². The van der Waals surface area contributed by atoms with Crippen molar-refractivity contribution >= 4 is 40.0 Å². The van der Waals surface area contributed by atoms with Gasteiger partial charge in [-0.2, -0.15) is 69.2 Å². The van der Waals surface area contributed by atoms with Gasteiger partial charge in [0.25, 0.3) is 17.6 Å². The summed E-state index contributed by atoms with van der Waals surface area (Å²) >= 11 is 0. The van der Waals surface area contributed by atoms with Gasteiger partial charge in [0, 0.05) is 0 Å². The average Bonchev–Trinajstić information content (AvgIpc) is 3.86. The van der Waals surface area contributed by atoms with E-state index in [1.54, 1.807) is 36.7 Å². The number of hydrogen-bond donors (Lipinski definition) is 3. The molecule has 22 heteroatoms. The van der Waals surface area contributed by atoms with E-state index in [4.69, 9.17) is 6.57 Å². The van der Waals surface area contributed by atoms with E-state index in [2.05, 4.69) is 81.0 Å². The lowest BCUT2D eigenvalue weighted by molar-refractivity contribution is 0.423. The molecule has 0 atom stereocenters. The smallest absolute Gasteiger partial charge is 0.320 e.